The zero-order chi connectivity index (χ0) is 13.1. The standard InChI is InChI=1S/C18H21N/c1-2-14-5-11-18(12-6-14)19-13-15-3-7-16(8-4-15)17-9-10-17/h3-8,11-12,17,19H,2,9-10,13H2,1H3. The molecule has 2 aromatic carbocycles. The Morgan fingerprint density at radius 3 is 2.11 bits per heavy atom. The number of aryl methyl sites for hydroxylation is 1. The van der Waals surface area contributed by atoms with Gasteiger partial charge in [-0.25, -0.2) is 0 Å². The lowest BCUT2D eigenvalue weighted by molar-refractivity contribution is 1.10. The second kappa shape index (κ2) is 5.48. The molecule has 0 heterocycles. The Hall–Kier alpha value is -1.76. The third-order valence-electron chi connectivity index (χ3n) is 3.89. The van der Waals surface area contributed by atoms with Crippen LogP contribution in [-0.2, 0) is 13.0 Å². The van der Waals surface area contributed by atoms with Gasteiger partial charge in [0.25, 0.3) is 0 Å². The molecule has 1 N–H and O–H groups in total. The van der Waals surface area contributed by atoms with Crippen LogP contribution in [0.1, 0.15) is 42.4 Å². The fourth-order valence-electron chi connectivity index (χ4n) is 2.39. The van der Waals surface area contributed by atoms with Crippen molar-refractivity contribution in [1.29, 1.82) is 0 Å². The summed E-state index contributed by atoms with van der Waals surface area (Å²) >= 11 is 0. The van der Waals surface area contributed by atoms with E-state index in [-0.39, 0.29) is 0 Å². The largest absolute Gasteiger partial charge is 0.381 e. The molecular weight excluding hydrogens is 230 g/mol. The summed E-state index contributed by atoms with van der Waals surface area (Å²) in [6.45, 7) is 3.08. The molecule has 3 rings (SSSR count). The smallest absolute Gasteiger partial charge is 0.0400 e. The Kier molecular flexibility index (Phi) is 3.54. The van der Waals surface area contributed by atoms with Crippen molar-refractivity contribution in [3.8, 4) is 0 Å². The number of benzene rings is 2. The predicted octanol–water partition coefficient (Wildman–Crippen LogP) is 4.74. The van der Waals surface area contributed by atoms with E-state index < -0.39 is 0 Å². The van der Waals surface area contributed by atoms with E-state index in [4.69, 9.17) is 0 Å². The first-order chi connectivity index (χ1) is 9.35. The van der Waals surface area contributed by atoms with Gasteiger partial charge >= 0.3 is 0 Å². The molecule has 0 aromatic heterocycles. The molecule has 0 aliphatic heterocycles. The van der Waals surface area contributed by atoms with Crippen LogP contribution in [0.2, 0.25) is 0 Å². The molecule has 1 fully saturated rings. The number of anilines is 1. The summed E-state index contributed by atoms with van der Waals surface area (Å²) in [6, 6.07) is 17.8. The van der Waals surface area contributed by atoms with E-state index in [1.165, 1.54) is 35.2 Å². The van der Waals surface area contributed by atoms with E-state index in [9.17, 15) is 0 Å². The van der Waals surface area contributed by atoms with Gasteiger partial charge in [0.15, 0.2) is 0 Å². The minimum Gasteiger partial charge on any atom is -0.381 e. The summed E-state index contributed by atoms with van der Waals surface area (Å²) in [5, 5.41) is 3.48. The maximum Gasteiger partial charge on any atom is 0.0400 e. The molecule has 1 heteroatoms. The lowest BCUT2D eigenvalue weighted by atomic mass is 10.1. The highest BCUT2D eigenvalue weighted by Gasteiger charge is 2.22. The Morgan fingerprint density at radius 2 is 1.53 bits per heavy atom. The van der Waals surface area contributed by atoms with Crippen molar-refractivity contribution >= 4 is 5.69 Å². The summed E-state index contributed by atoms with van der Waals surface area (Å²) in [7, 11) is 0. The van der Waals surface area contributed by atoms with Crippen LogP contribution in [0.5, 0.6) is 0 Å². The Labute approximate surface area is 115 Å². The average molecular weight is 251 g/mol. The molecule has 0 unspecified atom stereocenters. The molecule has 0 spiro atoms. The van der Waals surface area contributed by atoms with Gasteiger partial charge in [-0.15, -0.1) is 0 Å². The molecule has 1 aliphatic carbocycles. The highest BCUT2D eigenvalue weighted by molar-refractivity contribution is 5.45. The number of hydrogen-bond acceptors (Lipinski definition) is 1. The molecule has 1 saturated carbocycles. The van der Waals surface area contributed by atoms with Crippen LogP contribution in [0, 0.1) is 0 Å². The van der Waals surface area contributed by atoms with Crippen LogP contribution < -0.4 is 5.32 Å². The first-order valence-corrected chi connectivity index (χ1v) is 7.27. The minimum absolute atomic E-state index is 0.851. The van der Waals surface area contributed by atoms with Crippen molar-refractivity contribution in [2.45, 2.75) is 38.6 Å². The minimum atomic E-state index is 0.851. The average Bonchev–Trinajstić information content (AvgIpc) is 3.31. The SMILES string of the molecule is CCc1ccc(NCc2ccc(C3CC3)cc2)cc1. The van der Waals surface area contributed by atoms with Gasteiger partial charge in [-0.1, -0.05) is 43.3 Å². The van der Waals surface area contributed by atoms with Gasteiger partial charge in [-0.3, -0.25) is 0 Å². The van der Waals surface area contributed by atoms with Crippen molar-refractivity contribution in [3.63, 3.8) is 0 Å². The molecule has 1 aliphatic rings. The van der Waals surface area contributed by atoms with Gasteiger partial charge < -0.3 is 5.32 Å². The number of rotatable bonds is 5. The van der Waals surface area contributed by atoms with Crippen molar-refractivity contribution in [1.82, 2.24) is 0 Å². The number of hydrogen-bond donors (Lipinski definition) is 1. The van der Waals surface area contributed by atoms with Gasteiger partial charge in [-0.2, -0.15) is 0 Å². The quantitative estimate of drug-likeness (QED) is 0.809. The van der Waals surface area contributed by atoms with E-state index >= 15 is 0 Å². The molecule has 0 radical (unpaired) electrons. The van der Waals surface area contributed by atoms with Crippen molar-refractivity contribution < 1.29 is 0 Å². The van der Waals surface area contributed by atoms with Crippen molar-refractivity contribution in [2.24, 2.45) is 0 Å². The summed E-state index contributed by atoms with van der Waals surface area (Å²) < 4.78 is 0. The van der Waals surface area contributed by atoms with Crippen LogP contribution in [0.15, 0.2) is 48.5 Å². The maximum atomic E-state index is 3.48. The molecule has 1 nitrogen and oxygen atoms in total. The highest BCUT2D eigenvalue weighted by atomic mass is 14.9. The van der Waals surface area contributed by atoms with Gasteiger partial charge in [0.2, 0.25) is 0 Å². The van der Waals surface area contributed by atoms with Gasteiger partial charge in [0.05, 0.1) is 0 Å². The zero-order valence-electron chi connectivity index (χ0n) is 11.5. The predicted molar refractivity (Wildman–Crippen MR) is 81.6 cm³/mol. The van der Waals surface area contributed by atoms with Gasteiger partial charge in [0, 0.05) is 12.2 Å². The molecule has 0 amide bonds. The summed E-state index contributed by atoms with van der Waals surface area (Å²) in [6.07, 6.45) is 3.85. The van der Waals surface area contributed by atoms with Gasteiger partial charge in [-0.05, 0) is 54.0 Å². The topological polar surface area (TPSA) is 12.0 Å². The monoisotopic (exact) mass is 251 g/mol. The van der Waals surface area contributed by atoms with Crippen LogP contribution in [0.4, 0.5) is 5.69 Å². The lowest BCUT2D eigenvalue weighted by Crippen LogP contribution is -1.99. The van der Waals surface area contributed by atoms with Crippen LogP contribution in [0.3, 0.4) is 0 Å². The summed E-state index contributed by atoms with van der Waals surface area (Å²) in [5.41, 5.74) is 5.45. The molecule has 0 bridgehead atoms. The van der Waals surface area contributed by atoms with E-state index in [0.29, 0.717) is 0 Å². The first-order valence-electron chi connectivity index (χ1n) is 7.27. The number of nitrogens with one attached hydrogen (secondary N) is 1. The van der Waals surface area contributed by atoms with Crippen LogP contribution in [0.25, 0.3) is 0 Å². The second-order valence-corrected chi connectivity index (χ2v) is 5.42. The summed E-state index contributed by atoms with van der Waals surface area (Å²) in [4.78, 5) is 0. The molecule has 2 aromatic rings. The molecule has 0 saturated heterocycles. The first kappa shape index (κ1) is 12.3. The lowest BCUT2D eigenvalue weighted by Gasteiger charge is -2.08. The Bertz CT molecular complexity index is 521. The van der Waals surface area contributed by atoms with Crippen molar-refractivity contribution in [2.75, 3.05) is 5.32 Å². The fourth-order valence-corrected chi connectivity index (χ4v) is 2.39. The van der Waals surface area contributed by atoms with Crippen LogP contribution >= 0.6 is 0 Å². The highest BCUT2D eigenvalue weighted by Crippen LogP contribution is 2.39. The fraction of sp³-hybridized carbons (Fsp3) is 0.333. The van der Waals surface area contributed by atoms with Gasteiger partial charge in [0.1, 0.15) is 0 Å². The van der Waals surface area contributed by atoms with E-state index in [0.717, 1.165) is 18.9 Å². The maximum absolute atomic E-state index is 3.48. The molecular formula is C18H21N. The third kappa shape index (κ3) is 3.17. The van der Waals surface area contributed by atoms with Crippen LogP contribution in [-0.4, -0.2) is 0 Å². The zero-order valence-corrected chi connectivity index (χ0v) is 11.5. The Morgan fingerprint density at radius 1 is 0.895 bits per heavy atom. The molecule has 98 valence electrons. The normalized spacial score (nSPS) is 14.4. The molecule has 0 atom stereocenters. The third-order valence-corrected chi connectivity index (χ3v) is 3.89. The van der Waals surface area contributed by atoms with E-state index in [1.807, 2.05) is 0 Å². The molecule has 19 heavy (non-hydrogen) atoms. The Balaban J connectivity index is 1.58. The second-order valence-electron chi connectivity index (χ2n) is 5.42. The van der Waals surface area contributed by atoms with E-state index in [2.05, 4.69) is 60.8 Å². The summed E-state index contributed by atoms with van der Waals surface area (Å²) in [5.74, 6) is 0.851. The van der Waals surface area contributed by atoms with E-state index in [1.54, 1.807) is 0 Å². The van der Waals surface area contributed by atoms with Crippen molar-refractivity contribution in [3.05, 3.63) is 65.2 Å².